The fourth-order valence-electron chi connectivity index (χ4n) is 4.13. The molecule has 2 unspecified atom stereocenters. The highest BCUT2D eigenvalue weighted by Crippen LogP contribution is 2.40. The van der Waals surface area contributed by atoms with Crippen LogP contribution in [-0.2, 0) is 16.0 Å². The minimum absolute atomic E-state index is 0.00898. The number of aromatic nitrogens is 2. The minimum Gasteiger partial charge on any atom is -0.335 e. The molecule has 2 amide bonds. The van der Waals surface area contributed by atoms with E-state index in [1.807, 2.05) is 33.8 Å². The van der Waals surface area contributed by atoms with Gasteiger partial charge in [-0.15, -0.1) is 0 Å². The van der Waals surface area contributed by atoms with Crippen LogP contribution in [0.4, 0.5) is 5.82 Å². The predicted molar refractivity (Wildman–Crippen MR) is 103 cm³/mol. The van der Waals surface area contributed by atoms with E-state index in [2.05, 4.69) is 23.4 Å². The van der Waals surface area contributed by atoms with Crippen LogP contribution >= 0.6 is 0 Å². The van der Waals surface area contributed by atoms with Crippen molar-refractivity contribution >= 4 is 17.6 Å². The molecule has 1 saturated carbocycles. The summed E-state index contributed by atoms with van der Waals surface area (Å²) in [7, 11) is 0. The zero-order chi connectivity index (χ0) is 19.0. The maximum atomic E-state index is 12.8. The monoisotopic (exact) mass is 366 g/mol. The van der Waals surface area contributed by atoms with E-state index in [9.17, 15) is 9.59 Å². The lowest BCUT2D eigenvalue weighted by Crippen LogP contribution is -2.40. The Morgan fingerprint density at radius 2 is 2.04 bits per heavy atom. The van der Waals surface area contributed by atoms with Crippen molar-refractivity contribution in [2.45, 2.75) is 51.6 Å². The van der Waals surface area contributed by atoms with Gasteiger partial charge >= 0.3 is 0 Å². The van der Waals surface area contributed by atoms with Gasteiger partial charge in [0.25, 0.3) is 0 Å². The standard InChI is InChI=1S/C21H26N4O2/c1-14(16-7-8-16)25-20(9-11-22-25)23-21(27)13-19-18-6-4-3-5-17(18)10-12-24(19)15(2)26/h3-6,9,11,14,16,19H,7-8,10,12-13H2,1-2H3,(H,23,27). The van der Waals surface area contributed by atoms with E-state index in [4.69, 9.17) is 0 Å². The highest BCUT2D eigenvalue weighted by molar-refractivity contribution is 5.91. The smallest absolute Gasteiger partial charge is 0.227 e. The van der Waals surface area contributed by atoms with Crippen molar-refractivity contribution in [2.24, 2.45) is 5.92 Å². The highest BCUT2D eigenvalue weighted by atomic mass is 16.2. The minimum atomic E-state index is -0.218. The van der Waals surface area contributed by atoms with Crippen molar-refractivity contribution in [3.8, 4) is 0 Å². The number of nitrogens with zero attached hydrogens (tertiary/aromatic N) is 3. The van der Waals surface area contributed by atoms with E-state index in [-0.39, 0.29) is 24.3 Å². The van der Waals surface area contributed by atoms with Gasteiger partial charge in [0.05, 0.1) is 24.7 Å². The molecule has 1 aliphatic heterocycles. The number of carbonyl (C=O) groups excluding carboxylic acids is 2. The molecular formula is C21H26N4O2. The van der Waals surface area contributed by atoms with Crippen molar-refractivity contribution in [1.29, 1.82) is 0 Å². The Morgan fingerprint density at radius 1 is 1.26 bits per heavy atom. The third-order valence-electron chi connectivity index (χ3n) is 5.82. The first kappa shape index (κ1) is 17.8. The van der Waals surface area contributed by atoms with Gasteiger partial charge in [0.1, 0.15) is 5.82 Å². The van der Waals surface area contributed by atoms with Crippen LogP contribution in [0.3, 0.4) is 0 Å². The SMILES string of the molecule is CC(=O)N1CCc2ccccc2C1CC(=O)Nc1ccnn1C(C)C1CC1. The summed E-state index contributed by atoms with van der Waals surface area (Å²) in [5, 5.41) is 7.41. The normalized spacial score (nSPS) is 20.1. The van der Waals surface area contributed by atoms with E-state index < -0.39 is 0 Å². The molecule has 2 atom stereocenters. The second-order valence-corrected chi connectivity index (χ2v) is 7.67. The summed E-state index contributed by atoms with van der Waals surface area (Å²) in [6.45, 7) is 4.38. The lowest BCUT2D eigenvalue weighted by atomic mass is 9.90. The molecule has 27 heavy (non-hydrogen) atoms. The van der Waals surface area contributed by atoms with Crippen LogP contribution in [-0.4, -0.2) is 33.0 Å². The number of rotatable bonds is 5. The van der Waals surface area contributed by atoms with Gasteiger partial charge in [0, 0.05) is 19.5 Å². The molecule has 0 bridgehead atoms. The van der Waals surface area contributed by atoms with Gasteiger partial charge < -0.3 is 10.2 Å². The maximum absolute atomic E-state index is 12.8. The van der Waals surface area contributed by atoms with Crippen LogP contribution in [0.15, 0.2) is 36.5 Å². The molecule has 2 heterocycles. The molecule has 1 fully saturated rings. The Morgan fingerprint density at radius 3 is 2.78 bits per heavy atom. The van der Waals surface area contributed by atoms with Gasteiger partial charge in [-0.2, -0.15) is 5.10 Å². The quantitative estimate of drug-likeness (QED) is 0.883. The first-order valence-corrected chi connectivity index (χ1v) is 9.73. The average molecular weight is 366 g/mol. The average Bonchev–Trinajstić information content (AvgIpc) is 3.41. The zero-order valence-corrected chi connectivity index (χ0v) is 15.9. The molecule has 1 aromatic heterocycles. The van der Waals surface area contributed by atoms with Crippen molar-refractivity contribution in [2.75, 3.05) is 11.9 Å². The Hall–Kier alpha value is -2.63. The van der Waals surface area contributed by atoms with E-state index in [0.717, 1.165) is 17.8 Å². The molecule has 1 N–H and O–H groups in total. The molecule has 6 nitrogen and oxygen atoms in total. The van der Waals surface area contributed by atoms with E-state index in [1.54, 1.807) is 13.1 Å². The Kier molecular flexibility index (Phi) is 4.72. The number of benzene rings is 1. The molecule has 2 aliphatic rings. The number of hydrogen-bond donors (Lipinski definition) is 1. The van der Waals surface area contributed by atoms with Crippen LogP contribution in [0.2, 0.25) is 0 Å². The summed E-state index contributed by atoms with van der Waals surface area (Å²) in [5.74, 6) is 1.30. The number of amides is 2. The number of anilines is 1. The van der Waals surface area contributed by atoms with Gasteiger partial charge in [-0.25, -0.2) is 4.68 Å². The molecular weight excluding hydrogens is 340 g/mol. The Bertz CT molecular complexity index is 855. The topological polar surface area (TPSA) is 67.2 Å². The second-order valence-electron chi connectivity index (χ2n) is 7.67. The van der Waals surface area contributed by atoms with Gasteiger partial charge in [-0.1, -0.05) is 24.3 Å². The Balaban J connectivity index is 1.51. The van der Waals surface area contributed by atoms with Crippen LogP contribution in [0.5, 0.6) is 0 Å². The molecule has 0 spiro atoms. The van der Waals surface area contributed by atoms with Crippen LogP contribution < -0.4 is 5.32 Å². The van der Waals surface area contributed by atoms with Crippen molar-refractivity contribution in [3.05, 3.63) is 47.7 Å². The molecule has 0 radical (unpaired) electrons. The molecule has 2 aromatic rings. The third-order valence-corrected chi connectivity index (χ3v) is 5.82. The molecule has 1 aromatic carbocycles. The Labute approximate surface area is 159 Å². The molecule has 142 valence electrons. The van der Waals surface area contributed by atoms with E-state index >= 15 is 0 Å². The van der Waals surface area contributed by atoms with Gasteiger partial charge in [-0.3, -0.25) is 9.59 Å². The summed E-state index contributed by atoms with van der Waals surface area (Å²) in [4.78, 5) is 26.8. The number of fused-ring (bicyclic) bond motifs is 1. The molecule has 0 saturated heterocycles. The van der Waals surface area contributed by atoms with Crippen LogP contribution in [0.1, 0.15) is 56.3 Å². The first-order valence-electron chi connectivity index (χ1n) is 9.73. The fraction of sp³-hybridized carbons (Fsp3) is 0.476. The lowest BCUT2D eigenvalue weighted by molar-refractivity contribution is -0.132. The largest absolute Gasteiger partial charge is 0.335 e. The zero-order valence-electron chi connectivity index (χ0n) is 15.9. The van der Waals surface area contributed by atoms with E-state index in [0.29, 0.717) is 18.5 Å². The number of carbonyl (C=O) groups is 2. The number of hydrogen-bond acceptors (Lipinski definition) is 3. The van der Waals surface area contributed by atoms with Gasteiger partial charge in [-0.05, 0) is 43.2 Å². The first-order chi connectivity index (χ1) is 13.0. The third kappa shape index (κ3) is 3.61. The maximum Gasteiger partial charge on any atom is 0.227 e. The molecule has 4 rings (SSSR count). The van der Waals surface area contributed by atoms with Gasteiger partial charge in [0.15, 0.2) is 0 Å². The van der Waals surface area contributed by atoms with Crippen molar-refractivity contribution in [3.63, 3.8) is 0 Å². The van der Waals surface area contributed by atoms with E-state index in [1.165, 1.54) is 18.4 Å². The van der Waals surface area contributed by atoms with Crippen LogP contribution in [0.25, 0.3) is 0 Å². The molecule has 1 aliphatic carbocycles. The second kappa shape index (κ2) is 7.18. The summed E-state index contributed by atoms with van der Waals surface area (Å²) >= 11 is 0. The van der Waals surface area contributed by atoms with Crippen molar-refractivity contribution in [1.82, 2.24) is 14.7 Å². The number of nitrogens with one attached hydrogen (secondary N) is 1. The van der Waals surface area contributed by atoms with Crippen molar-refractivity contribution < 1.29 is 9.59 Å². The highest BCUT2D eigenvalue weighted by Gasteiger charge is 2.32. The summed E-state index contributed by atoms with van der Waals surface area (Å²) in [6, 6.07) is 10.0. The molecule has 6 heteroatoms. The lowest BCUT2D eigenvalue weighted by Gasteiger charge is -2.36. The van der Waals surface area contributed by atoms with Gasteiger partial charge in [0.2, 0.25) is 11.8 Å². The summed E-state index contributed by atoms with van der Waals surface area (Å²) in [6.07, 6.45) is 5.26. The summed E-state index contributed by atoms with van der Waals surface area (Å²) in [5.41, 5.74) is 2.30. The van der Waals surface area contributed by atoms with Crippen LogP contribution in [0, 0.1) is 5.92 Å². The predicted octanol–water partition coefficient (Wildman–Crippen LogP) is 3.33. The fourth-order valence-corrected chi connectivity index (χ4v) is 4.13. The summed E-state index contributed by atoms with van der Waals surface area (Å²) < 4.78 is 1.91.